The van der Waals surface area contributed by atoms with Gasteiger partial charge in [0.2, 0.25) is 5.95 Å². The first-order chi connectivity index (χ1) is 13.5. The van der Waals surface area contributed by atoms with Gasteiger partial charge in [-0.1, -0.05) is 19.8 Å². The number of nitrogens with one attached hydrogen (secondary N) is 1. The van der Waals surface area contributed by atoms with Gasteiger partial charge in [0.1, 0.15) is 11.5 Å². The van der Waals surface area contributed by atoms with E-state index in [0.29, 0.717) is 31.6 Å². The zero-order valence-corrected chi connectivity index (χ0v) is 16.7. The number of carbonyl (C=O) groups excluding carboxylic acids is 1. The van der Waals surface area contributed by atoms with Gasteiger partial charge in [-0.25, -0.2) is 4.98 Å². The maximum Gasteiger partial charge on any atom is 0.270 e. The van der Waals surface area contributed by atoms with Crippen molar-refractivity contribution >= 4 is 17.7 Å². The number of hydrogen-bond donors (Lipinski definition) is 3. The standard InChI is InChI=1S/C20H30N6O2/c1-3-4-6-14(9-12-27)22-18-15-8-11-26(13-16(15)23-20(21)24-18)19(28)17-7-5-10-25(17)2/h5,7,10,14,27H,3-4,6,8-9,11-13H2,1-2H3,(H3,21,22,23,24). The molecule has 0 aromatic carbocycles. The second kappa shape index (κ2) is 9.05. The third-order valence-electron chi connectivity index (χ3n) is 5.26. The van der Waals surface area contributed by atoms with Gasteiger partial charge in [-0.05, 0) is 31.4 Å². The summed E-state index contributed by atoms with van der Waals surface area (Å²) in [5.41, 5.74) is 8.42. The molecule has 2 aromatic heterocycles. The minimum Gasteiger partial charge on any atom is -0.396 e. The maximum atomic E-state index is 12.8. The van der Waals surface area contributed by atoms with Gasteiger partial charge in [0, 0.05) is 38.0 Å². The summed E-state index contributed by atoms with van der Waals surface area (Å²) in [6, 6.07) is 3.84. The zero-order valence-electron chi connectivity index (χ0n) is 16.7. The fraction of sp³-hybridized carbons (Fsp3) is 0.550. The van der Waals surface area contributed by atoms with E-state index in [-0.39, 0.29) is 24.5 Å². The van der Waals surface area contributed by atoms with Crippen molar-refractivity contribution in [3.8, 4) is 0 Å². The van der Waals surface area contributed by atoms with Crippen LogP contribution in [0.3, 0.4) is 0 Å². The van der Waals surface area contributed by atoms with E-state index >= 15 is 0 Å². The molecule has 1 aliphatic rings. The van der Waals surface area contributed by atoms with Crippen LogP contribution in [0, 0.1) is 0 Å². The zero-order chi connectivity index (χ0) is 20.1. The van der Waals surface area contributed by atoms with Crippen LogP contribution in [0.1, 0.15) is 54.4 Å². The van der Waals surface area contributed by atoms with Gasteiger partial charge < -0.3 is 25.6 Å². The van der Waals surface area contributed by atoms with Crippen LogP contribution in [0.15, 0.2) is 18.3 Å². The molecule has 2 aromatic rings. The number of aliphatic hydroxyl groups is 1. The van der Waals surface area contributed by atoms with Gasteiger partial charge in [0.15, 0.2) is 0 Å². The molecule has 0 aliphatic carbocycles. The first kappa shape index (κ1) is 20.1. The summed E-state index contributed by atoms with van der Waals surface area (Å²) in [6.07, 6.45) is 6.35. The van der Waals surface area contributed by atoms with Crippen molar-refractivity contribution in [2.75, 3.05) is 24.2 Å². The third-order valence-corrected chi connectivity index (χ3v) is 5.26. The molecule has 28 heavy (non-hydrogen) atoms. The average Bonchev–Trinajstić information content (AvgIpc) is 3.11. The number of fused-ring (bicyclic) bond motifs is 1. The molecule has 0 bridgehead atoms. The Kier molecular flexibility index (Phi) is 6.51. The van der Waals surface area contributed by atoms with E-state index < -0.39 is 0 Å². The molecule has 4 N–H and O–H groups in total. The van der Waals surface area contributed by atoms with Gasteiger partial charge in [-0.2, -0.15) is 4.98 Å². The van der Waals surface area contributed by atoms with Crippen molar-refractivity contribution in [2.45, 2.75) is 51.6 Å². The molecular weight excluding hydrogens is 356 g/mol. The summed E-state index contributed by atoms with van der Waals surface area (Å²) in [7, 11) is 1.87. The number of hydrogen-bond acceptors (Lipinski definition) is 6. The number of nitrogens with zero attached hydrogens (tertiary/aromatic N) is 4. The summed E-state index contributed by atoms with van der Waals surface area (Å²) >= 11 is 0. The van der Waals surface area contributed by atoms with Crippen molar-refractivity contribution in [2.24, 2.45) is 7.05 Å². The van der Waals surface area contributed by atoms with Crippen molar-refractivity contribution in [3.63, 3.8) is 0 Å². The summed E-state index contributed by atoms with van der Waals surface area (Å²) in [4.78, 5) is 23.5. The number of nitrogens with two attached hydrogens (primary N) is 1. The molecule has 152 valence electrons. The molecule has 1 amide bonds. The number of anilines is 2. The lowest BCUT2D eigenvalue weighted by Crippen LogP contribution is -2.38. The number of unbranched alkanes of at least 4 members (excludes halogenated alkanes) is 1. The fourth-order valence-electron chi connectivity index (χ4n) is 3.68. The Morgan fingerprint density at radius 2 is 2.21 bits per heavy atom. The lowest BCUT2D eigenvalue weighted by Gasteiger charge is -2.30. The summed E-state index contributed by atoms with van der Waals surface area (Å²) in [5, 5.41) is 12.8. The van der Waals surface area contributed by atoms with E-state index in [1.807, 2.05) is 29.9 Å². The highest BCUT2D eigenvalue weighted by Gasteiger charge is 2.27. The second-order valence-corrected chi connectivity index (χ2v) is 7.33. The van der Waals surface area contributed by atoms with Gasteiger partial charge in [0.05, 0.1) is 12.2 Å². The molecule has 1 aliphatic heterocycles. The highest BCUT2D eigenvalue weighted by atomic mass is 16.3. The van der Waals surface area contributed by atoms with Crippen LogP contribution in [-0.4, -0.2) is 49.6 Å². The van der Waals surface area contributed by atoms with E-state index in [1.165, 1.54) is 0 Å². The Morgan fingerprint density at radius 3 is 2.89 bits per heavy atom. The first-order valence-corrected chi connectivity index (χ1v) is 9.96. The summed E-state index contributed by atoms with van der Waals surface area (Å²) in [6.45, 7) is 3.31. The SMILES string of the molecule is CCCCC(CCO)Nc1nc(N)nc2c1CCN(C(=O)c1cccn1C)C2. The minimum absolute atomic E-state index is 0.00838. The quantitative estimate of drug-likeness (QED) is 0.640. The Morgan fingerprint density at radius 1 is 1.39 bits per heavy atom. The van der Waals surface area contributed by atoms with Gasteiger partial charge >= 0.3 is 0 Å². The number of aromatic nitrogens is 3. The van der Waals surface area contributed by atoms with Crippen LogP contribution in [0.5, 0.6) is 0 Å². The number of aliphatic hydroxyl groups excluding tert-OH is 1. The number of aryl methyl sites for hydroxylation is 1. The van der Waals surface area contributed by atoms with Crippen molar-refractivity contribution in [3.05, 3.63) is 35.3 Å². The van der Waals surface area contributed by atoms with Crippen molar-refractivity contribution in [1.82, 2.24) is 19.4 Å². The number of nitrogen functional groups attached to an aromatic ring is 1. The maximum absolute atomic E-state index is 12.8. The normalized spacial score (nSPS) is 14.6. The van der Waals surface area contributed by atoms with E-state index in [4.69, 9.17) is 5.73 Å². The Bertz CT molecular complexity index is 819. The van der Waals surface area contributed by atoms with Crippen LogP contribution in [0.25, 0.3) is 0 Å². The molecule has 0 saturated carbocycles. The molecule has 1 atom stereocenters. The van der Waals surface area contributed by atoms with Crippen LogP contribution >= 0.6 is 0 Å². The van der Waals surface area contributed by atoms with E-state index in [2.05, 4.69) is 22.2 Å². The first-order valence-electron chi connectivity index (χ1n) is 9.96. The van der Waals surface area contributed by atoms with Gasteiger partial charge in [0.25, 0.3) is 5.91 Å². The van der Waals surface area contributed by atoms with E-state index in [0.717, 1.165) is 36.3 Å². The van der Waals surface area contributed by atoms with Gasteiger partial charge in [-0.15, -0.1) is 0 Å². The molecular formula is C20H30N6O2. The molecule has 0 fully saturated rings. The van der Waals surface area contributed by atoms with Crippen LogP contribution in [0.2, 0.25) is 0 Å². The van der Waals surface area contributed by atoms with Crippen molar-refractivity contribution in [1.29, 1.82) is 0 Å². The lowest BCUT2D eigenvalue weighted by atomic mass is 10.0. The average molecular weight is 387 g/mol. The molecule has 8 heteroatoms. The molecule has 8 nitrogen and oxygen atoms in total. The van der Waals surface area contributed by atoms with E-state index in [1.54, 1.807) is 4.90 Å². The smallest absolute Gasteiger partial charge is 0.270 e. The number of carbonyl (C=O) groups is 1. The second-order valence-electron chi connectivity index (χ2n) is 7.33. The number of amides is 1. The predicted molar refractivity (Wildman–Crippen MR) is 109 cm³/mol. The predicted octanol–water partition coefficient (Wildman–Crippen LogP) is 1.95. The monoisotopic (exact) mass is 386 g/mol. The topological polar surface area (TPSA) is 109 Å². The minimum atomic E-state index is -0.00838. The van der Waals surface area contributed by atoms with Crippen LogP contribution < -0.4 is 11.1 Å². The number of rotatable bonds is 8. The largest absolute Gasteiger partial charge is 0.396 e. The molecule has 3 rings (SSSR count). The Labute approximate surface area is 165 Å². The van der Waals surface area contributed by atoms with Gasteiger partial charge in [-0.3, -0.25) is 4.79 Å². The molecule has 0 spiro atoms. The third kappa shape index (κ3) is 4.44. The van der Waals surface area contributed by atoms with Crippen LogP contribution in [-0.2, 0) is 20.0 Å². The summed E-state index contributed by atoms with van der Waals surface area (Å²) in [5.74, 6) is 0.932. The van der Waals surface area contributed by atoms with Crippen molar-refractivity contribution < 1.29 is 9.90 Å². The fourth-order valence-corrected chi connectivity index (χ4v) is 3.68. The molecule has 3 heterocycles. The molecule has 0 saturated heterocycles. The molecule has 0 radical (unpaired) electrons. The summed E-state index contributed by atoms with van der Waals surface area (Å²) < 4.78 is 1.83. The lowest BCUT2D eigenvalue weighted by molar-refractivity contribution is 0.0722. The molecule has 1 unspecified atom stereocenters. The highest BCUT2D eigenvalue weighted by molar-refractivity contribution is 5.93. The Hall–Kier alpha value is -2.61. The van der Waals surface area contributed by atoms with E-state index in [9.17, 15) is 9.90 Å². The Balaban J connectivity index is 1.80. The highest BCUT2D eigenvalue weighted by Crippen LogP contribution is 2.26. The van der Waals surface area contributed by atoms with Crippen LogP contribution in [0.4, 0.5) is 11.8 Å².